The molecule has 0 aliphatic carbocycles. The van der Waals surface area contributed by atoms with E-state index in [0.29, 0.717) is 10.3 Å². The van der Waals surface area contributed by atoms with E-state index in [-0.39, 0.29) is 18.0 Å². The Morgan fingerprint density at radius 1 is 1.53 bits per heavy atom. The van der Waals surface area contributed by atoms with Crippen molar-refractivity contribution < 1.29 is 13.3 Å². The predicted molar refractivity (Wildman–Crippen MR) is 74.6 cm³/mol. The first-order valence-corrected chi connectivity index (χ1v) is 7.58. The Balaban J connectivity index is 2.67. The summed E-state index contributed by atoms with van der Waals surface area (Å²) < 4.78 is 24.6. The third kappa shape index (κ3) is 4.40. The van der Waals surface area contributed by atoms with Gasteiger partial charge in [-0.2, -0.15) is 0 Å². The van der Waals surface area contributed by atoms with Gasteiger partial charge in [-0.1, -0.05) is 0 Å². The van der Waals surface area contributed by atoms with Crippen LogP contribution in [0.15, 0.2) is 16.7 Å². The van der Waals surface area contributed by atoms with Gasteiger partial charge in [-0.3, -0.25) is 10.1 Å². The molecule has 8 nitrogen and oxygen atoms in total. The highest BCUT2D eigenvalue weighted by molar-refractivity contribution is 9.10. The molecule has 19 heavy (non-hydrogen) atoms. The molecule has 0 atom stereocenters. The lowest BCUT2D eigenvalue weighted by Crippen LogP contribution is -2.28. The zero-order chi connectivity index (χ0) is 14.6. The van der Waals surface area contributed by atoms with E-state index >= 15 is 0 Å². The zero-order valence-corrected chi connectivity index (χ0v) is 12.7. The van der Waals surface area contributed by atoms with E-state index in [2.05, 4.69) is 26.2 Å². The highest BCUT2D eigenvalue weighted by atomic mass is 79.9. The lowest BCUT2D eigenvalue weighted by atomic mass is 10.4. The van der Waals surface area contributed by atoms with E-state index < -0.39 is 14.9 Å². The maximum Gasteiger partial charge on any atom is 0.288 e. The second kappa shape index (κ2) is 6.26. The van der Waals surface area contributed by atoms with Gasteiger partial charge in [0.25, 0.3) is 5.69 Å². The van der Waals surface area contributed by atoms with Gasteiger partial charge in [0.15, 0.2) is 0 Å². The maximum atomic E-state index is 11.5. The minimum atomic E-state index is -3.28. The maximum absolute atomic E-state index is 11.5. The Labute approximate surface area is 119 Å². The monoisotopic (exact) mass is 352 g/mol. The minimum Gasteiger partial charge on any atom is -0.368 e. The molecule has 0 fully saturated rings. The lowest BCUT2D eigenvalue weighted by molar-refractivity contribution is -0.385. The van der Waals surface area contributed by atoms with Crippen LogP contribution in [0.1, 0.15) is 0 Å². The summed E-state index contributed by atoms with van der Waals surface area (Å²) in [5.41, 5.74) is -0.140. The van der Waals surface area contributed by atoms with Crippen LogP contribution in [0.5, 0.6) is 0 Å². The van der Waals surface area contributed by atoms with Crippen LogP contribution in [0.3, 0.4) is 0 Å². The molecule has 106 valence electrons. The van der Waals surface area contributed by atoms with Gasteiger partial charge in [0.05, 0.1) is 15.1 Å². The predicted octanol–water partition coefficient (Wildman–Crippen LogP) is 1.06. The van der Waals surface area contributed by atoms with Gasteiger partial charge in [-0.15, -0.1) is 0 Å². The van der Waals surface area contributed by atoms with Crippen LogP contribution >= 0.6 is 15.9 Å². The average Bonchev–Trinajstić information content (AvgIpc) is 2.30. The third-order valence-electron chi connectivity index (χ3n) is 2.25. The van der Waals surface area contributed by atoms with Crippen molar-refractivity contribution in [2.45, 2.75) is 0 Å². The molecule has 0 unspecified atom stereocenters. The molecule has 1 heterocycles. The molecule has 1 rings (SSSR count). The number of halogens is 1. The average molecular weight is 353 g/mol. The topological polar surface area (TPSA) is 105 Å². The number of nitrogens with one attached hydrogen (secondary N) is 1. The molecule has 1 aromatic rings. The molecular weight excluding hydrogens is 340 g/mol. The second-order valence-electron chi connectivity index (χ2n) is 3.81. The number of anilines is 1. The number of hydrogen-bond acceptors (Lipinski definition) is 6. The summed E-state index contributed by atoms with van der Waals surface area (Å²) in [6, 6.07) is 1.30. The van der Waals surface area contributed by atoms with Crippen molar-refractivity contribution in [3.8, 4) is 0 Å². The molecule has 0 spiro atoms. The molecule has 1 aromatic heterocycles. The molecule has 10 heteroatoms. The summed E-state index contributed by atoms with van der Waals surface area (Å²) in [5, 5.41) is 13.3. The molecule has 0 saturated carbocycles. The van der Waals surface area contributed by atoms with E-state index in [9.17, 15) is 18.5 Å². The number of nitrogens with zero attached hydrogens (tertiary/aromatic N) is 3. The van der Waals surface area contributed by atoms with Gasteiger partial charge in [0.1, 0.15) is 12.0 Å². The minimum absolute atomic E-state index is 0.0922. The molecular formula is C9H13BrN4O4S. The fourth-order valence-electron chi connectivity index (χ4n) is 1.14. The smallest absolute Gasteiger partial charge is 0.288 e. The van der Waals surface area contributed by atoms with Gasteiger partial charge in [-0.05, 0) is 15.9 Å². The van der Waals surface area contributed by atoms with Gasteiger partial charge in [-0.25, -0.2) is 17.7 Å². The number of nitro groups is 1. The SMILES string of the molecule is CN(C)S(=O)(=O)CCNc1ncc([N+](=O)[O-])cc1Br. The van der Waals surface area contributed by atoms with E-state index in [1.165, 1.54) is 20.2 Å². The Bertz CT molecular complexity index is 576. The Kier molecular flexibility index (Phi) is 5.20. The van der Waals surface area contributed by atoms with Crippen molar-refractivity contribution in [2.75, 3.05) is 31.7 Å². The van der Waals surface area contributed by atoms with Crippen molar-refractivity contribution >= 4 is 37.5 Å². The molecule has 1 N–H and O–H groups in total. The first-order chi connectivity index (χ1) is 8.74. The second-order valence-corrected chi connectivity index (χ2v) is 6.96. The number of hydrogen-bond donors (Lipinski definition) is 1. The van der Waals surface area contributed by atoms with Crippen LogP contribution in [-0.4, -0.2) is 49.0 Å². The molecule has 0 aliphatic rings. The molecule has 0 saturated heterocycles. The van der Waals surface area contributed by atoms with Gasteiger partial charge in [0, 0.05) is 26.7 Å². The Hall–Kier alpha value is -1.26. The largest absolute Gasteiger partial charge is 0.368 e. The molecule has 0 bridgehead atoms. The summed E-state index contributed by atoms with van der Waals surface area (Å²) in [6.45, 7) is 0.157. The number of aromatic nitrogens is 1. The summed E-state index contributed by atoms with van der Waals surface area (Å²) in [7, 11) is -0.376. The van der Waals surface area contributed by atoms with Crippen LogP contribution in [0.2, 0.25) is 0 Å². The normalized spacial score (nSPS) is 11.6. The molecule has 0 amide bonds. The summed E-state index contributed by atoms with van der Waals surface area (Å²) in [6.07, 6.45) is 1.10. The zero-order valence-electron chi connectivity index (χ0n) is 10.3. The van der Waals surface area contributed by atoms with Crippen molar-refractivity contribution in [1.29, 1.82) is 0 Å². The van der Waals surface area contributed by atoms with Crippen LogP contribution < -0.4 is 5.32 Å². The van der Waals surface area contributed by atoms with Gasteiger partial charge in [0.2, 0.25) is 10.0 Å². The molecule has 0 radical (unpaired) electrons. The Morgan fingerprint density at radius 3 is 2.63 bits per heavy atom. The highest BCUT2D eigenvalue weighted by Crippen LogP contribution is 2.24. The first kappa shape index (κ1) is 15.8. The first-order valence-electron chi connectivity index (χ1n) is 5.18. The standard InChI is InChI=1S/C9H13BrN4O4S/c1-13(2)19(17,18)4-3-11-9-8(10)5-7(6-12-9)14(15)16/h5-6H,3-4H2,1-2H3,(H,11,12). The summed E-state index contributed by atoms with van der Waals surface area (Å²) in [5.74, 6) is 0.269. The van der Waals surface area contributed by atoms with E-state index in [1.54, 1.807) is 0 Å². The summed E-state index contributed by atoms with van der Waals surface area (Å²) >= 11 is 3.14. The van der Waals surface area contributed by atoms with Gasteiger partial charge >= 0.3 is 0 Å². The van der Waals surface area contributed by atoms with Crippen LogP contribution in [0.4, 0.5) is 11.5 Å². The van der Waals surface area contributed by atoms with Crippen LogP contribution in [0.25, 0.3) is 0 Å². The number of pyridine rings is 1. The number of sulfonamides is 1. The molecule has 0 aliphatic heterocycles. The van der Waals surface area contributed by atoms with Crippen molar-refractivity contribution in [3.63, 3.8) is 0 Å². The lowest BCUT2D eigenvalue weighted by Gasteiger charge is -2.12. The summed E-state index contributed by atoms with van der Waals surface area (Å²) in [4.78, 5) is 13.8. The van der Waals surface area contributed by atoms with Crippen LogP contribution in [-0.2, 0) is 10.0 Å². The molecule has 0 aromatic carbocycles. The van der Waals surface area contributed by atoms with Crippen LogP contribution in [0, 0.1) is 10.1 Å². The fourth-order valence-corrected chi connectivity index (χ4v) is 2.34. The fraction of sp³-hybridized carbons (Fsp3) is 0.444. The van der Waals surface area contributed by atoms with Crippen molar-refractivity contribution in [1.82, 2.24) is 9.29 Å². The van der Waals surface area contributed by atoms with E-state index in [4.69, 9.17) is 0 Å². The van der Waals surface area contributed by atoms with E-state index in [0.717, 1.165) is 10.5 Å². The number of rotatable bonds is 6. The highest BCUT2D eigenvalue weighted by Gasteiger charge is 2.14. The van der Waals surface area contributed by atoms with Gasteiger partial charge < -0.3 is 5.32 Å². The third-order valence-corrected chi connectivity index (χ3v) is 4.68. The van der Waals surface area contributed by atoms with Crippen molar-refractivity contribution in [3.05, 3.63) is 26.9 Å². The Morgan fingerprint density at radius 2 is 2.16 bits per heavy atom. The van der Waals surface area contributed by atoms with Crippen molar-refractivity contribution in [2.24, 2.45) is 0 Å². The van der Waals surface area contributed by atoms with E-state index in [1.807, 2.05) is 0 Å². The quantitative estimate of drug-likeness (QED) is 0.605.